The highest BCUT2D eigenvalue weighted by Gasteiger charge is 2.23. The Kier molecular flexibility index (Phi) is 6.48. The average molecular weight is 367 g/mol. The number of amides is 1. The summed E-state index contributed by atoms with van der Waals surface area (Å²) in [5.41, 5.74) is 4.18. The molecule has 3 rings (SSSR count). The van der Waals surface area contributed by atoms with Crippen molar-refractivity contribution in [1.82, 2.24) is 10.2 Å². The molecule has 1 N–H and O–H groups in total. The second-order valence-corrected chi connectivity index (χ2v) is 7.23. The van der Waals surface area contributed by atoms with E-state index in [9.17, 15) is 4.79 Å². The lowest BCUT2D eigenvalue weighted by Gasteiger charge is -2.35. The van der Waals surface area contributed by atoms with E-state index in [1.54, 1.807) is 0 Å². The van der Waals surface area contributed by atoms with Crippen LogP contribution in [0.15, 0.2) is 48.5 Å². The van der Waals surface area contributed by atoms with Gasteiger partial charge in [0.15, 0.2) is 0 Å². The number of rotatable bonds is 6. The molecule has 1 aliphatic heterocycles. The predicted octanol–water partition coefficient (Wildman–Crippen LogP) is 2.86. The van der Waals surface area contributed by atoms with E-state index in [2.05, 4.69) is 39.4 Å². The Morgan fingerprint density at radius 2 is 1.85 bits per heavy atom. The molecule has 5 heteroatoms. The number of nitrogens with one attached hydrogen (secondary N) is 1. The van der Waals surface area contributed by atoms with Crippen molar-refractivity contribution < 1.29 is 9.53 Å². The fraction of sp³-hybridized carbons (Fsp3) is 0.409. The number of nitrogens with zero attached hydrogens (tertiary/aromatic N) is 2. The highest BCUT2D eigenvalue weighted by molar-refractivity contribution is 5.94. The molecule has 1 saturated heterocycles. The number of carbonyl (C=O) groups is 1. The zero-order valence-electron chi connectivity index (χ0n) is 16.4. The number of morpholine rings is 1. The van der Waals surface area contributed by atoms with Gasteiger partial charge in [-0.2, -0.15) is 0 Å². The molecule has 1 atom stereocenters. The minimum atomic E-state index is -0.0260. The minimum absolute atomic E-state index is 0.0260. The van der Waals surface area contributed by atoms with Gasteiger partial charge in [0.25, 0.3) is 5.91 Å². The van der Waals surface area contributed by atoms with Gasteiger partial charge in [0.05, 0.1) is 19.3 Å². The van der Waals surface area contributed by atoms with Gasteiger partial charge >= 0.3 is 0 Å². The zero-order valence-corrected chi connectivity index (χ0v) is 16.4. The Morgan fingerprint density at radius 3 is 2.48 bits per heavy atom. The summed E-state index contributed by atoms with van der Waals surface area (Å²) < 4.78 is 5.51. The first-order valence-electron chi connectivity index (χ1n) is 9.48. The van der Waals surface area contributed by atoms with E-state index in [-0.39, 0.29) is 11.9 Å². The van der Waals surface area contributed by atoms with Gasteiger partial charge in [-0.3, -0.25) is 9.69 Å². The number of carbonyl (C=O) groups excluding carboxylic acids is 1. The van der Waals surface area contributed by atoms with Gasteiger partial charge in [0.2, 0.25) is 0 Å². The lowest BCUT2D eigenvalue weighted by molar-refractivity contribution is 0.0162. The fourth-order valence-electron chi connectivity index (χ4n) is 3.42. The molecule has 1 heterocycles. The third-order valence-corrected chi connectivity index (χ3v) is 5.02. The van der Waals surface area contributed by atoms with Gasteiger partial charge in [-0.15, -0.1) is 0 Å². The molecule has 1 unspecified atom stereocenters. The minimum Gasteiger partial charge on any atom is -0.379 e. The van der Waals surface area contributed by atoms with Crippen LogP contribution in [0.4, 0.5) is 5.69 Å². The molecule has 144 valence electrons. The van der Waals surface area contributed by atoms with Gasteiger partial charge in [-0.05, 0) is 36.8 Å². The van der Waals surface area contributed by atoms with Crippen molar-refractivity contribution in [3.63, 3.8) is 0 Å². The quantitative estimate of drug-likeness (QED) is 0.853. The van der Waals surface area contributed by atoms with Crippen LogP contribution < -0.4 is 10.2 Å². The van der Waals surface area contributed by atoms with Crippen molar-refractivity contribution in [2.45, 2.75) is 13.0 Å². The third-order valence-electron chi connectivity index (χ3n) is 5.02. The van der Waals surface area contributed by atoms with E-state index in [1.165, 1.54) is 11.3 Å². The van der Waals surface area contributed by atoms with Crippen LogP contribution in [-0.4, -0.2) is 57.8 Å². The van der Waals surface area contributed by atoms with Crippen molar-refractivity contribution in [1.29, 1.82) is 0 Å². The number of anilines is 1. The fourth-order valence-corrected chi connectivity index (χ4v) is 3.42. The summed E-state index contributed by atoms with van der Waals surface area (Å²) in [4.78, 5) is 17.1. The molecule has 0 aromatic heterocycles. The molecule has 1 aliphatic rings. The smallest absolute Gasteiger partial charge is 0.251 e. The third kappa shape index (κ3) is 5.08. The first-order valence-corrected chi connectivity index (χ1v) is 9.48. The van der Waals surface area contributed by atoms with Crippen molar-refractivity contribution in [3.8, 4) is 0 Å². The van der Waals surface area contributed by atoms with Crippen molar-refractivity contribution in [2.24, 2.45) is 0 Å². The van der Waals surface area contributed by atoms with Crippen LogP contribution in [0.3, 0.4) is 0 Å². The summed E-state index contributed by atoms with van der Waals surface area (Å²) in [7, 11) is 4.08. The highest BCUT2D eigenvalue weighted by Crippen LogP contribution is 2.24. The van der Waals surface area contributed by atoms with Crippen molar-refractivity contribution in [2.75, 3.05) is 51.8 Å². The lowest BCUT2D eigenvalue weighted by atomic mass is 10.0. The molecule has 0 bridgehead atoms. The predicted molar refractivity (Wildman–Crippen MR) is 109 cm³/mol. The Labute approximate surface area is 161 Å². The van der Waals surface area contributed by atoms with Crippen LogP contribution >= 0.6 is 0 Å². The van der Waals surface area contributed by atoms with E-state index in [4.69, 9.17) is 4.74 Å². The van der Waals surface area contributed by atoms with Crippen LogP contribution in [-0.2, 0) is 4.74 Å². The zero-order chi connectivity index (χ0) is 19.2. The summed E-state index contributed by atoms with van der Waals surface area (Å²) in [5, 5.41) is 3.13. The van der Waals surface area contributed by atoms with Crippen molar-refractivity contribution in [3.05, 3.63) is 65.2 Å². The first kappa shape index (κ1) is 19.4. The SMILES string of the molecule is Cc1cccc(C(=O)NCC(c2ccc(N(C)C)cc2)N2CCOCC2)c1. The van der Waals surface area contributed by atoms with E-state index < -0.39 is 0 Å². The molecule has 1 amide bonds. The number of aryl methyl sites for hydroxylation is 1. The molecule has 0 radical (unpaired) electrons. The van der Waals surface area contributed by atoms with Crippen LogP contribution in [0.5, 0.6) is 0 Å². The Balaban J connectivity index is 1.74. The van der Waals surface area contributed by atoms with Crippen LogP contribution in [0.2, 0.25) is 0 Å². The molecule has 0 saturated carbocycles. The van der Waals surface area contributed by atoms with Gasteiger partial charge in [-0.1, -0.05) is 29.8 Å². The topological polar surface area (TPSA) is 44.8 Å². The van der Waals surface area contributed by atoms with Gasteiger partial charge in [0, 0.05) is 45.0 Å². The van der Waals surface area contributed by atoms with Crippen LogP contribution in [0, 0.1) is 6.92 Å². The maximum Gasteiger partial charge on any atom is 0.251 e. The lowest BCUT2D eigenvalue weighted by Crippen LogP contribution is -2.43. The normalized spacial score (nSPS) is 16.0. The molecular formula is C22H29N3O2. The van der Waals surface area contributed by atoms with Crippen LogP contribution in [0.25, 0.3) is 0 Å². The van der Waals surface area contributed by atoms with Crippen LogP contribution in [0.1, 0.15) is 27.5 Å². The molecule has 0 aliphatic carbocycles. The van der Waals surface area contributed by atoms with Gasteiger partial charge in [-0.25, -0.2) is 0 Å². The number of benzene rings is 2. The largest absolute Gasteiger partial charge is 0.379 e. The van der Waals surface area contributed by atoms with E-state index >= 15 is 0 Å². The summed E-state index contributed by atoms with van der Waals surface area (Å²) in [6, 6.07) is 16.4. The number of hydrogen-bond acceptors (Lipinski definition) is 4. The molecular weight excluding hydrogens is 338 g/mol. The maximum absolute atomic E-state index is 12.6. The molecule has 1 fully saturated rings. The van der Waals surface area contributed by atoms with Gasteiger partial charge in [0.1, 0.15) is 0 Å². The second-order valence-electron chi connectivity index (χ2n) is 7.23. The molecule has 27 heavy (non-hydrogen) atoms. The van der Waals surface area contributed by atoms with E-state index in [1.807, 2.05) is 45.3 Å². The Morgan fingerprint density at radius 1 is 1.15 bits per heavy atom. The summed E-state index contributed by atoms with van der Waals surface area (Å²) in [5.74, 6) is -0.0260. The van der Waals surface area contributed by atoms with E-state index in [0.29, 0.717) is 12.1 Å². The van der Waals surface area contributed by atoms with E-state index in [0.717, 1.165) is 31.9 Å². The maximum atomic E-state index is 12.6. The monoisotopic (exact) mass is 367 g/mol. The number of hydrogen-bond donors (Lipinski definition) is 1. The standard InChI is InChI=1S/C22H29N3O2/c1-17-5-4-6-19(15-17)22(26)23-16-21(25-11-13-27-14-12-25)18-7-9-20(10-8-18)24(2)3/h4-10,15,21H,11-14,16H2,1-3H3,(H,23,26). The second kappa shape index (κ2) is 9.02. The number of ether oxygens (including phenoxy) is 1. The molecule has 2 aromatic rings. The average Bonchev–Trinajstić information content (AvgIpc) is 2.69. The first-order chi connectivity index (χ1) is 13.0. The van der Waals surface area contributed by atoms with Crippen molar-refractivity contribution >= 4 is 11.6 Å². The highest BCUT2D eigenvalue weighted by atomic mass is 16.5. The molecule has 5 nitrogen and oxygen atoms in total. The molecule has 2 aromatic carbocycles. The molecule has 0 spiro atoms. The van der Waals surface area contributed by atoms with Gasteiger partial charge < -0.3 is 15.0 Å². The summed E-state index contributed by atoms with van der Waals surface area (Å²) in [6.07, 6.45) is 0. The Hall–Kier alpha value is -2.37. The Bertz CT molecular complexity index is 752. The summed E-state index contributed by atoms with van der Waals surface area (Å²) >= 11 is 0. The summed E-state index contributed by atoms with van der Waals surface area (Å²) in [6.45, 7) is 5.80.